The van der Waals surface area contributed by atoms with Gasteiger partial charge in [-0.25, -0.2) is 0 Å². The van der Waals surface area contributed by atoms with Crippen molar-refractivity contribution in [1.29, 1.82) is 0 Å². The van der Waals surface area contributed by atoms with Gasteiger partial charge >= 0.3 is 0 Å². The summed E-state index contributed by atoms with van der Waals surface area (Å²) >= 11 is 0. The van der Waals surface area contributed by atoms with E-state index < -0.39 is 159 Å². The van der Waals surface area contributed by atoms with Gasteiger partial charge in [0.1, 0.15) is 66.4 Å². The highest BCUT2D eigenvalue weighted by Gasteiger charge is 2.47. The second-order valence-electron chi connectivity index (χ2n) is 26.2. The average molecular weight is 1560 g/mol. The maximum Gasteiger partial charge on any atom is 0.222 e. The summed E-state index contributed by atoms with van der Waals surface area (Å²) in [4.78, 5) is 137. The van der Waals surface area contributed by atoms with Gasteiger partial charge in [0.25, 0.3) is 0 Å². The van der Waals surface area contributed by atoms with Crippen LogP contribution in [-0.2, 0) is 95.4 Å². The van der Waals surface area contributed by atoms with Crippen LogP contribution in [0.4, 0.5) is 0 Å². The molecule has 0 radical (unpaired) electrons. The molecule has 0 aromatic heterocycles. The summed E-state index contributed by atoms with van der Waals surface area (Å²) < 4.78 is 51.8. The van der Waals surface area contributed by atoms with Crippen molar-refractivity contribution in [3.05, 3.63) is 0 Å². The Morgan fingerprint density at radius 2 is 0.787 bits per heavy atom. The van der Waals surface area contributed by atoms with Crippen LogP contribution in [0.2, 0.25) is 0 Å². The van der Waals surface area contributed by atoms with E-state index in [4.69, 9.17) is 42.6 Å². The third-order valence-corrected chi connectivity index (χ3v) is 16.7. The number of amides is 11. The molecule has 108 heavy (non-hydrogen) atoms. The van der Waals surface area contributed by atoms with E-state index in [2.05, 4.69) is 58.5 Å². The summed E-state index contributed by atoms with van der Waals surface area (Å²) in [7, 11) is 1.46. The molecule has 2 fully saturated rings. The molecule has 14 atom stereocenters. The maximum absolute atomic E-state index is 13.6. The molecule has 11 amide bonds. The molecule has 2 aliphatic heterocycles. The van der Waals surface area contributed by atoms with Crippen molar-refractivity contribution in [3.63, 3.8) is 0 Å². The molecule has 40 heteroatoms. The number of carbonyl (C=O) groups is 11. The number of unbranched alkanes of at least 4 members (excludes halogenated alkanes) is 3. The van der Waals surface area contributed by atoms with E-state index in [1.807, 2.05) is 0 Å². The number of hydrogen-bond acceptors (Lipinski definition) is 29. The zero-order valence-electron chi connectivity index (χ0n) is 62.9. The van der Waals surface area contributed by atoms with Crippen LogP contribution < -0.4 is 58.5 Å². The van der Waals surface area contributed by atoms with E-state index >= 15 is 0 Å². The van der Waals surface area contributed by atoms with E-state index in [9.17, 15) is 98.7 Å². The standard InChI is InChI=1S/C68H123N11O29/c1-43(84)48(37-81)106-65(47(36-80)76-44(2)85)103-30-9-6-16-52(89)70-24-13-27-73-55(92)21-33-100-40-68(79-58(95)20-12-19-51(88)69-5,41-101-34-22-56(93)74-28-14-25-71-53(90)17-7-10-31-104-66-59(77-45(3)86)63(98)61(96)49(38-82)107-66)42-102-35-23-57(94)75-29-15-26-72-54(91)18-8-11-32-105-67-60(78-46(4)87)64(99)62(97)50(39-83)108-67/h43,47-50,59-67,80-84,96-99H,6-42H2,1-5H3,(H,69,88)(H,70,89)(H,71,90)(H,72,91)(H,73,92)(H,74,93)(H,75,94)(H,76,85)(H,77,86)(H,78,87)(H,79,95)/t43?,47-,48?,49?,50?,59-,60-,61-,62-,63?,64?,65+,66+,67+,68?/m0/s1. The highest BCUT2D eigenvalue weighted by atomic mass is 16.7. The minimum atomic E-state index is -1.48. The Morgan fingerprint density at radius 1 is 0.426 bits per heavy atom. The second-order valence-corrected chi connectivity index (χ2v) is 26.2. The lowest BCUT2D eigenvalue weighted by Crippen LogP contribution is -2.64. The minimum Gasteiger partial charge on any atom is -0.394 e. The molecule has 624 valence electrons. The molecule has 0 saturated carbocycles. The van der Waals surface area contributed by atoms with Crippen LogP contribution in [0.25, 0.3) is 0 Å². The monoisotopic (exact) mass is 1560 g/mol. The molecule has 2 heterocycles. The SMILES string of the molecule is CNC(=O)CCCC(=O)NC(COCCC(=O)NCCCNC(=O)CCCCO[C@H](OC(CO)C(C)O)[C@H](CO)NC(C)=O)(COCCC(=O)NCCCNC(=O)CCCCO[C@@H]1OC(CO)[C@H](O)C(O)[C@@H]1NC(C)=O)COCCC(=O)NCCCNC(=O)CCCCO[C@@H]1OC(CO)[C@H](O)C(O)[C@@H]1NC(C)=O. The summed E-state index contributed by atoms with van der Waals surface area (Å²) in [6.45, 7) is 2.91. The fraction of sp³-hybridized carbons (Fsp3) is 0.838. The number of hydrogen-bond donors (Lipinski definition) is 20. The van der Waals surface area contributed by atoms with Gasteiger partial charge in [0.15, 0.2) is 18.9 Å². The van der Waals surface area contributed by atoms with Crippen molar-refractivity contribution in [3.8, 4) is 0 Å². The van der Waals surface area contributed by atoms with Crippen LogP contribution in [0.3, 0.4) is 0 Å². The predicted molar refractivity (Wildman–Crippen MR) is 379 cm³/mol. The fourth-order valence-corrected chi connectivity index (χ4v) is 10.8. The van der Waals surface area contributed by atoms with E-state index in [1.54, 1.807) is 0 Å². The first kappa shape index (κ1) is 97.5. The topological polar surface area (TPSA) is 585 Å². The Labute approximate surface area is 629 Å². The lowest BCUT2D eigenvalue weighted by Gasteiger charge is -2.42. The molecular formula is C68H123N11O29. The van der Waals surface area contributed by atoms with Gasteiger partial charge < -0.3 is 147 Å². The molecule has 0 bridgehead atoms. The fourth-order valence-electron chi connectivity index (χ4n) is 10.8. The van der Waals surface area contributed by atoms with Crippen LogP contribution >= 0.6 is 0 Å². The molecule has 2 aliphatic rings. The van der Waals surface area contributed by atoms with Crippen LogP contribution in [0.15, 0.2) is 0 Å². The lowest BCUT2D eigenvalue weighted by atomic mass is 9.97. The van der Waals surface area contributed by atoms with Crippen molar-refractivity contribution in [2.45, 2.75) is 235 Å². The quantitative estimate of drug-likeness (QED) is 0.0199. The van der Waals surface area contributed by atoms with Crippen molar-refractivity contribution < 1.29 is 141 Å². The predicted octanol–water partition coefficient (Wildman–Crippen LogP) is -7.13. The molecule has 2 rings (SSSR count). The molecule has 0 spiro atoms. The number of aliphatic hydroxyl groups excluding tert-OH is 9. The molecular weight excluding hydrogens is 1430 g/mol. The zero-order valence-corrected chi connectivity index (χ0v) is 62.9. The van der Waals surface area contributed by atoms with Crippen molar-refractivity contribution in [2.75, 3.05) is 132 Å². The Kier molecular flexibility index (Phi) is 51.9. The summed E-state index contributed by atoms with van der Waals surface area (Å²) in [6, 6.07) is -3.19. The van der Waals surface area contributed by atoms with Crippen molar-refractivity contribution in [1.82, 2.24) is 58.5 Å². The smallest absolute Gasteiger partial charge is 0.222 e. The average Bonchev–Trinajstić information content (AvgIpc) is 0.821. The first-order chi connectivity index (χ1) is 51.6. The molecule has 0 aromatic rings. The van der Waals surface area contributed by atoms with Gasteiger partial charge in [-0.2, -0.15) is 0 Å². The van der Waals surface area contributed by atoms with E-state index in [-0.39, 0.29) is 180 Å². The summed E-state index contributed by atoms with van der Waals surface area (Å²) in [5, 5.41) is 119. The first-order valence-electron chi connectivity index (χ1n) is 36.9. The van der Waals surface area contributed by atoms with Crippen LogP contribution in [0.1, 0.15) is 143 Å². The molecule has 6 unspecified atom stereocenters. The number of aliphatic hydroxyl groups is 9. The first-order valence-corrected chi connectivity index (χ1v) is 36.9. The number of rotatable bonds is 61. The molecule has 2 saturated heterocycles. The number of carbonyl (C=O) groups excluding carboxylic acids is 11. The van der Waals surface area contributed by atoms with Crippen LogP contribution in [-0.4, -0.2) is 335 Å². The van der Waals surface area contributed by atoms with E-state index in [1.165, 1.54) is 34.7 Å². The summed E-state index contributed by atoms with van der Waals surface area (Å²) in [5.74, 6) is -4.25. The van der Waals surface area contributed by atoms with E-state index in [0.717, 1.165) is 0 Å². The summed E-state index contributed by atoms with van der Waals surface area (Å²) in [6.07, 6.45) is -10.2. The van der Waals surface area contributed by atoms with Crippen LogP contribution in [0, 0.1) is 0 Å². The van der Waals surface area contributed by atoms with Gasteiger partial charge in [-0.3, -0.25) is 52.7 Å². The molecule has 40 nitrogen and oxygen atoms in total. The second kappa shape index (κ2) is 57.5. The minimum absolute atomic E-state index is 0.0369. The van der Waals surface area contributed by atoms with Gasteiger partial charge in [0, 0.05) is 138 Å². The third-order valence-electron chi connectivity index (χ3n) is 16.7. The van der Waals surface area contributed by atoms with Gasteiger partial charge in [-0.15, -0.1) is 0 Å². The van der Waals surface area contributed by atoms with E-state index in [0.29, 0.717) is 57.8 Å². The normalized spacial score (nSPS) is 21.5. The van der Waals surface area contributed by atoms with Crippen LogP contribution in [0.5, 0.6) is 0 Å². The number of nitrogens with one attached hydrogen (secondary N) is 11. The van der Waals surface area contributed by atoms with Gasteiger partial charge in [0.05, 0.1) is 72.2 Å². The highest BCUT2D eigenvalue weighted by molar-refractivity contribution is 5.80. The number of ether oxygens (including phenoxy) is 9. The summed E-state index contributed by atoms with van der Waals surface area (Å²) in [5.41, 5.74) is -1.48. The largest absolute Gasteiger partial charge is 0.394 e. The highest BCUT2D eigenvalue weighted by Crippen LogP contribution is 2.25. The van der Waals surface area contributed by atoms with Crippen molar-refractivity contribution >= 4 is 65.0 Å². The Balaban J connectivity index is 1.97. The maximum atomic E-state index is 13.6. The zero-order chi connectivity index (χ0) is 80.2. The molecule has 0 aromatic carbocycles. The Bertz CT molecular complexity index is 2520. The van der Waals surface area contributed by atoms with Gasteiger partial charge in [-0.1, -0.05) is 0 Å². The molecule has 0 aliphatic carbocycles. The lowest BCUT2D eigenvalue weighted by molar-refractivity contribution is -0.270. The molecule has 20 N–H and O–H groups in total. The van der Waals surface area contributed by atoms with Gasteiger partial charge in [0.2, 0.25) is 65.0 Å². The van der Waals surface area contributed by atoms with Crippen molar-refractivity contribution in [2.24, 2.45) is 0 Å². The van der Waals surface area contributed by atoms with Gasteiger partial charge in [-0.05, 0) is 71.1 Å². The Morgan fingerprint density at radius 3 is 1.12 bits per heavy atom. The Hall–Kier alpha value is -6.55. The third kappa shape index (κ3) is 42.6.